The highest BCUT2D eigenvalue weighted by Crippen LogP contribution is 2.89. The molecule has 3 aliphatic heterocycles. The average molecular weight is 949 g/mol. The molecule has 0 amide bonds. The first-order chi connectivity index (χ1) is 30.7. The first-order valence-electron chi connectivity index (χ1n) is 24.4. The maximum absolute atomic E-state index is 12.5. The van der Waals surface area contributed by atoms with Crippen LogP contribution in [0, 0.1) is 50.7 Å². The minimum Gasteiger partial charge on any atom is -0.394 e. The maximum atomic E-state index is 12.5. The summed E-state index contributed by atoms with van der Waals surface area (Å²) in [7, 11) is 0. The second kappa shape index (κ2) is 18.1. The molecule has 5 saturated carbocycles. The summed E-state index contributed by atoms with van der Waals surface area (Å²) in [5.41, 5.74) is -2.97. The Hall–Kier alpha value is -0.760. The molecule has 19 heteroatoms. The maximum Gasteiger partial charge on any atom is 0.187 e. The molecule has 2 spiro atoms. The Morgan fingerprint density at radius 3 is 1.91 bits per heavy atom. The SMILES string of the molecule is CC(CCC(OC1OC(CO)C(O)C(O)C1O)C(C)(C)O)C1C(O)CC2(C)C3CC(O)C4C(C)(C)C(OC5OC(CO)C(O)C(O)C5OC5OCC(O)C(O)C5O)CCC45CC35CCC12C. The highest BCUT2D eigenvalue weighted by molar-refractivity contribution is 5.32. The van der Waals surface area contributed by atoms with Gasteiger partial charge in [0, 0.05) is 0 Å². The van der Waals surface area contributed by atoms with Crippen LogP contribution in [-0.4, -0.2) is 202 Å². The Bertz CT molecular complexity index is 1700. The lowest BCUT2D eigenvalue weighted by Crippen LogP contribution is -2.65. The van der Waals surface area contributed by atoms with E-state index in [-0.39, 0.29) is 51.9 Å². The van der Waals surface area contributed by atoms with Crippen LogP contribution < -0.4 is 0 Å². The van der Waals surface area contributed by atoms with Crippen molar-refractivity contribution in [1.82, 2.24) is 0 Å². The van der Waals surface area contributed by atoms with Crippen LogP contribution in [-0.2, 0) is 28.4 Å². The van der Waals surface area contributed by atoms with Gasteiger partial charge in [0.15, 0.2) is 18.9 Å². The van der Waals surface area contributed by atoms with E-state index in [1.165, 1.54) is 0 Å². The summed E-state index contributed by atoms with van der Waals surface area (Å²) in [6.07, 6.45) is -17.5. The summed E-state index contributed by atoms with van der Waals surface area (Å²) in [5.74, 6) is -0.223. The second-order valence-corrected chi connectivity index (χ2v) is 23.5. The standard InChI is InChI=1S/C47H80O19/c1-20(8-9-28(43(4,5)60)65-40-36(59)33(56)31(54)24(16-48)62-40)29-22(51)15-45(7)26-14-21(50)38-42(2,3)27(10-11-47(38)19-46(26,47)13-12-44(29,45)6)64-41-37(34(57)32(55)25(17-49)63-41)66-39-35(58)30(53)23(52)18-61-39/h20-41,48-60H,8-19H2,1-7H3. The minimum absolute atomic E-state index is 0.0328. The summed E-state index contributed by atoms with van der Waals surface area (Å²) in [6.45, 7) is 12.4. The van der Waals surface area contributed by atoms with Gasteiger partial charge in [0.2, 0.25) is 0 Å². The summed E-state index contributed by atoms with van der Waals surface area (Å²) in [6, 6.07) is 0. The van der Waals surface area contributed by atoms with Gasteiger partial charge in [-0.15, -0.1) is 0 Å². The minimum atomic E-state index is -1.69. The van der Waals surface area contributed by atoms with E-state index >= 15 is 0 Å². The fourth-order valence-corrected chi connectivity index (χ4v) is 15.8. The van der Waals surface area contributed by atoms with Gasteiger partial charge >= 0.3 is 0 Å². The number of hydrogen-bond donors (Lipinski definition) is 13. The molecule has 0 radical (unpaired) electrons. The van der Waals surface area contributed by atoms with E-state index in [1.54, 1.807) is 13.8 Å². The first-order valence-corrected chi connectivity index (χ1v) is 24.4. The van der Waals surface area contributed by atoms with Crippen LogP contribution >= 0.6 is 0 Å². The van der Waals surface area contributed by atoms with Crippen molar-refractivity contribution >= 4 is 0 Å². The van der Waals surface area contributed by atoms with E-state index in [4.69, 9.17) is 28.4 Å². The third kappa shape index (κ3) is 7.98. The molecular weight excluding hydrogens is 868 g/mol. The van der Waals surface area contributed by atoms with E-state index < -0.39 is 135 Å². The van der Waals surface area contributed by atoms with Crippen LogP contribution in [0.2, 0.25) is 0 Å². The molecule has 8 aliphatic rings. The smallest absolute Gasteiger partial charge is 0.187 e. The van der Waals surface area contributed by atoms with Crippen LogP contribution in [0.4, 0.5) is 0 Å². The molecule has 0 aromatic rings. The lowest BCUT2D eigenvalue weighted by Gasteiger charge is -2.64. The zero-order chi connectivity index (χ0) is 48.4. The summed E-state index contributed by atoms with van der Waals surface area (Å²) < 4.78 is 35.9. The van der Waals surface area contributed by atoms with Crippen LogP contribution in [0.5, 0.6) is 0 Å². The zero-order valence-corrected chi connectivity index (χ0v) is 39.5. The van der Waals surface area contributed by atoms with Crippen molar-refractivity contribution in [3.05, 3.63) is 0 Å². The Morgan fingerprint density at radius 2 is 1.27 bits per heavy atom. The Balaban J connectivity index is 0.974. The molecule has 0 bridgehead atoms. The fraction of sp³-hybridized carbons (Fsp3) is 1.00. The molecule has 19 nitrogen and oxygen atoms in total. The van der Waals surface area contributed by atoms with E-state index in [0.717, 1.165) is 25.7 Å². The summed E-state index contributed by atoms with van der Waals surface area (Å²) >= 11 is 0. The van der Waals surface area contributed by atoms with E-state index in [2.05, 4.69) is 34.6 Å². The molecule has 5 aliphatic carbocycles. The van der Waals surface area contributed by atoms with E-state index in [9.17, 15) is 66.4 Å². The average Bonchev–Trinajstić information content (AvgIpc) is 3.84. The van der Waals surface area contributed by atoms with Crippen molar-refractivity contribution < 1.29 is 94.8 Å². The molecular formula is C47H80O19. The lowest BCUT2D eigenvalue weighted by atomic mass is 9.41. The number of hydrogen-bond acceptors (Lipinski definition) is 19. The van der Waals surface area contributed by atoms with E-state index in [1.807, 2.05) is 0 Å². The van der Waals surface area contributed by atoms with Gasteiger partial charge in [0.1, 0.15) is 67.1 Å². The number of aliphatic hydroxyl groups is 13. The molecule has 3 saturated heterocycles. The summed E-state index contributed by atoms with van der Waals surface area (Å²) in [5, 5.41) is 140. The van der Waals surface area contributed by atoms with Crippen LogP contribution in [0.25, 0.3) is 0 Å². The third-order valence-electron chi connectivity index (χ3n) is 19.4. The van der Waals surface area contributed by atoms with Gasteiger partial charge in [0.25, 0.3) is 0 Å². The second-order valence-electron chi connectivity index (χ2n) is 23.5. The van der Waals surface area contributed by atoms with Gasteiger partial charge in [0.05, 0.1) is 49.8 Å². The molecule has 26 unspecified atom stereocenters. The molecule has 8 rings (SSSR count). The molecule has 0 aromatic heterocycles. The van der Waals surface area contributed by atoms with Gasteiger partial charge in [-0.25, -0.2) is 0 Å². The molecule has 0 aromatic carbocycles. The molecule has 8 fully saturated rings. The number of fused-ring (bicyclic) bond motifs is 2. The predicted octanol–water partition coefficient (Wildman–Crippen LogP) is -1.61. The highest BCUT2D eigenvalue weighted by Gasteiger charge is 2.84. The quantitative estimate of drug-likeness (QED) is 0.0924. The van der Waals surface area contributed by atoms with Gasteiger partial charge < -0.3 is 94.8 Å². The lowest BCUT2D eigenvalue weighted by molar-refractivity contribution is -0.370. The van der Waals surface area contributed by atoms with E-state index in [0.29, 0.717) is 32.1 Å². The van der Waals surface area contributed by atoms with Crippen molar-refractivity contribution in [3.63, 3.8) is 0 Å². The van der Waals surface area contributed by atoms with Crippen molar-refractivity contribution in [3.8, 4) is 0 Å². The van der Waals surface area contributed by atoms with Crippen molar-refractivity contribution in [2.24, 2.45) is 50.7 Å². The topological polar surface area (TPSA) is 318 Å². The van der Waals surface area contributed by atoms with Crippen LogP contribution in [0.15, 0.2) is 0 Å². The third-order valence-corrected chi connectivity index (χ3v) is 19.4. The van der Waals surface area contributed by atoms with Crippen LogP contribution in [0.3, 0.4) is 0 Å². The van der Waals surface area contributed by atoms with Crippen molar-refractivity contribution in [1.29, 1.82) is 0 Å². The van der Waals surface area contributed by atoms with Gasteiger partial charge in [-0.3, -0.25) is 0 Å². The molecule has 26 atom stereocenters. The molecule has 382 valence electrons. The summed E-state index contributed by atoms with van der Waals surface area (Å²) in [4.78, 5) is 0. The number of aliphatic hydroxyl groups excluding tert-OH is 12. The van der Waals surface area contributed by atoms with Gasteiger partial charge in [-0.1, -0.05) is 34.6 Å². The first kappa shape index (κ1) is 51.6. The predicted molar refractivity (Wildman–Crippen MR) is 228 cm³/mol. The van der Waals surface area contributed by atoms with Crippen molar-refractivity contribution in [2.75, 3.05) is 19.8 Å². The monoisotopic (exact) mass is 949 g/mol. The molecule has 13 N–H and O–H groups in total. The highest BCUT2D eigenvalue weighted by atomic mass is 16.8. The largest absolute Gasteiger partial charge is 0.394 e. The Kier molecular flexibility index (Phi) is 14.1. The number of ether oxygens (including phenoxy) is 6. The fourth-order valence-electron chi connectivity index (χ4n) is 15.8. The van der Waals surface area contributed by atoms with Gasteiger partial charge in [-0.05, 0) is 122 Å². The molecule has 66 heavy (non-hydrogen) atoms. The normalized spacial score (nSPS) is 54.4. The van der Waals surface area contributed by atoms with Crippen molar-refractivity contribution in [2.45, 2.75) is 222 Å². The Labute approximate surface area is 386 Å². The Morgan fingerprint density at radius 1 is 0.652 bits per heavy atom. The molecule has 3 heterocycles. The van der Waals surface area contributed by atoms with Gasteiger partial charge in [-0.2, -0.15) is 0 Å². The zero-order valence-electron chi connectivity index (χ0n) is 39.5. The van der Waals surface area contributed by atoms with Crippen LogP contribution in [0.1, 0.15) is 106 Å². The number of rotatable bonds is 13.